The second kappa shape index (κ2) is 8.32. The monoisotopic (exact) mass is 286 g/mol. The van der Waals surface area contributed by atoms with Crippen molar-refractivity contribution in [1.82, 2.24) is 20.4 Å². The SMILES string of the molecule is C=CCC(CC)CCNCc1nc(-c2cccnc2)no1. The molecule has 2 rings (SSSR count). The molecular weight excluding hydrogens is 264 g/mol. The van der Waals surface area contributed by atoms with Crippen LogP contribution in [-0.4, -0.2) is 21.7 Å². The maximum atomic E-state index is 5.23. The standard InChI is InChI=1S/C16H22N4O/c1-3-6-13(4-2)8-10-18-12-15-19-16(20-21-15)14-7-5-9-17-11-14/h3,5,7,9,11,13,18H,1,4,6,8,10,12H2,2H3. The van der Waals surface area contributed by atoms with Gasteiger partial charge in [-0.15, -0.1) is 6.58 Å². The van der Waals surface area contributed by atoms with Gasteiger partial charge in [-0.25, -0.2) is 0 Å². The molecule has 0 radical (unpaired) electrons. The molecule has 2 heterocycles. The van der Waals surface area contributed by atoms with Gasteiger partial charge in [0.2, 0.25) is 11.7 Å². The van der Waals surface area contributed by atoms with E-state index >= 15 is 0 Å². The minimum Gasteiger partial charge on any atom is -0.338 e. The lowest BCUT2D eigenvalue weighted by Crippen LogP contribution is -2.17. The molecule has 0 bridgehead atoms. The zero-order chi connectivity index (χ0) is 14.9. The van der Waals surface area contributed by atoms with Crippen LogP contribution in [0.5, 0.6) is 0 Å². The van der Waals surface area contributed by atoms with Crippen LogP contribution < -0.4 is 5.32 Å². The Kier molecular flexibility index (Phi) is 6.09. The van der Waals surface area contributed by atoms with Gasteiger partial charge in [0.05, 0.1) is 6.54 Å². The number of nitrogens with zero attached hydrogens (tertiary/aromatic N) is 3. The second-order valence-corrected chi connectivity index (χ2v) is 5.02. The van der Waals surface area contributed by atoms with Gasteiger partial charge in [-0.3, -0.25) is 4.98 Å². The first-order valence-corrected chi connectivity index (χ1v) is 7.38. The quantitative estimate of drug-likeness (QED) is 0.566. The van der Waals surface area contributed by atoms with Crippen molar-refractivity contribution in [2.75, 3.05) is 6.54 Å². The number of aromatic nitrogens is 3. The molecule has 0 saturated carbocycles. The highest BCUT2D eigenvalue weighted by Gasteiger charge is 2.08. The van der Waals surface area contributed by atoms with E-state index in [-0.39, 0.29) is 0 Å². The lowest BCUT2D eigenvalue weighted by Gasteiger charge is -2.11. The zero-order valence-corrected chi connectivity index (χ0v) is 12.5. The van der Waals surface area contributed by atoms with Crippen LogP contribution in [0, 0.1) is 5.92 Å². The van der Waals surface area contributed by atoms with Crippen molar-refractivity contribution in [3.05, 3.63) is 43.1 Å². The summed E-state index contributed by atoms with van der Waals surface area (Å²) in [5, 5.41) is 7.31. The molecule has 112 valence electrons. The predicted molar refractivity (Wildman–Crippen MR) is 82.4 cm³/mol. The first-order valence-electron chi connectivity index (χ1n) is 7.38. The maximum Gasteiger partial charge on any atom is 0.240 e. The van der Waals surface area contributed by atoms with Crippen LogP contribution in [0.1, 0.15) is 32.1 Å². The maximum absolute atomic E-state index is 5.23. The third kappa shape index (κ3) is 4.79. The average Bonchev–Trinajstić information content (AvgIpc) is 3.00. The Morgan fingerprint density at radius 2 is 2.38 bits per heavy atom. The first kappa shape index (κ1) is 15.4. The van der Waals surface area contributed by atoms with Crippen molar-refractivity contribution >= 4 is 0 Å². The Balaban J connectivity index is 1.77. The van der Waals surface area contributed by atoms with Gasteiger partial charge < -0.3 is 9.84 Å². The first-order chi connectivity index (χ1) is 10.3. The molecule has 0 aliphatic rings. The fourth-order valence-electron chi connectivity index (χ4n) is 2.16. The van der Waals surface area contributed by atoms with Crippen LogP contribution in [0.4, 0.5) is 0 Å². The Hall–Kier alpha value is -2.01. The van der Waals surface area contributed by atoms with Crippen molar-refractivity contribution in [2.24, 2.45) is 5.92 Å². The smallest absolute Gasteiger partial charge is 0.240 e. The second-order valence-electron chi connectivity index (χ2n) is 5.02. The minimum absolute atomic E-state index is 0.581. The van der Waals surface area contributed by atoms with Gasteiger partial charge >= 0.3 is 0 Å². The number of hydrogen-bond donors (Lipinski definition) is 1. The van der Waals surface area contributed by atoms with E-state index in [1.54, 1.807) is 12.4 Å². The van der Waals surface area contributed by atoms with E-state index in [1.807, 2.05) is 18.2 Å². The molecule has 0 saturated heterocycles. The Bertz CT molecular complexity index is 538. The van der Waals surface area contributed by atoms with Crippen LogP contribution in [0.3, 0.4) is 0 Å². The summed E-state index contributed by atoms with van der Waals surface area (Å²) in [5.41, 5.74) is 0.865. The van der Waals surface area contributed by atoms with Crippen LogP contribution in [-0.2, 0) is 6.54 Å². The summed E-state index contributed by atoms with van der Waals surface area (Å²) in [5.74, 6) is 1.88. The van der Waals surface area contributed by atoms with Gasteiger partial charge in [0.25, 0.3) is 0 Å². The Morgan fingerprint density at radius 3 is 3.10 bits per heavy atom. The van der Waals surface area contributed by atoms with E-state index < -0.39 is 0 Å². The minimum atomic E-state index is 0.581. The molecule has 0 aliphatic heterocycles. The molecule has 0 spiro atoms. The summed E-state index contributed by atoms with van der Waals surface area (Å²) < 4.78 is 5.23. The average molecular weight is 286 g/mol. The molecule has 0 amide bonds. The molecule has 21 heavy (non-hydrogen) atoms. The van der Waals surface area contributed by atoms with E-state index in [0.717, 1.165) is 24.9 Å². The summed E-state index contributed by atoms with van der Waals surface area (Å²) in [6.45, 7) is 7.55. The number of pyridine rings is 1. The van der Waals surface area contributed by atoms with Crippen molar-refractivity contribution in [1.29, 1.82) is 0 Å². The van der Waals surface area contributed by atoms with Crippen LogP contribution in [0.2, 0.25) is 0 Å². The number of hydrogen-bond acceptors (Lipinski definition) is 5. The van der Waals surface area contributed by atoms with Gasteiger partial charge in [-0.1, -0.05) is 24.6 Å². The molecule has 1 unspecified atom stereocenters. The molecule has 2 aromatic heterocycles. The number of allylic oxidation sites excluding steroid dienone is 1. The highest BCUT2D eigenvalue weighted by Crippen LogP contribution is 2.14. The van der Waals surface area contributed by atoms with Gasteiger partial charge in [0, 0.05) is 18.0 Å². The van der Waals surface area contributed by atoms with Crippen LogP contribution in [0.15, 0.2) is 41.7 Å². The molecule has 0 fully saturated rings. The number of nitrogens with one attached hydrogen (secondary N) is 1. The molecular formula is C16H22N4O. The van der Waals surface area contributed by atoms with Crippen molar-refractivity contribution in [2.45, 2.75) is 32.7 Å². The van der Waals surface area contributed by atoms with Gasteiger partial charge in [0.1, 0.15) is 0 Å². The lowest BCUT2D eigenvalue weighted by molar-refractivity contribution is 0.362. The third-order valence-corrected chi connectivity index (χ3v) is 3.47. The van der Waals surface area contributed by atoms with E-state index in [4.69, 9.17) is 4.52 Å². The Labute approximate surface area is 125 Å². The molecule has 0 aliphatic carbocycles. The predicted octanol–water partition coefficient (Wildman–Crippen LogP) is 3.21. The van der Waals surface area contributed by atoms with Crippen molar-refractivity contribution < 1.29 is 4.52 Å². The summed E-state index contributed by atoms with van der Waals surface area (Å²) in [6, 6.07) is 3.77. The Morgan fingerprint density at radius 1 is 1.48 bits per heavy atom. The lowest BCUT2D eigenvalue weighted by atomic mass is 9.99. The summed E-state index contributed by atoms with van der Waals surface area (Å²) in [6.07, 6.45) is 8.82. The molecule has 1 N–H and O–H groups in total. The highest BCUT2D eigenvalue weighted by atomic mass is 16.5. The summed E-state index contributed by atoms with van der Waals surface area (Å²) in [4.78, 5) is 8.40. The largest absolute Gasteiger partial charge is 0.338 e. The van der Waals surface area contributed by atoms with Crippen LogP contribution in [0.25, 0.3) is 11.4 Å². The zero-order valence-electron chi connectivity index (χ0n) is 12.5. The van der Waals surface area contributed by atoms with Crippen LogP contribution >= 0.6 is 0 Å². The number of rotatable bonds is 9. The third-order valence-electron chi connectivity index (χ3n) is 3.47. The van der Waals surface area contributed by atoms with Gasteiger partial charge in [0.15, 0.2) is 0 Å². The fourth-order valence-corrected chi connectivity index (χ4v) is 2.16. The molecule has 0 aromatic carbocycles. The van der Waals surface area contributed by atoms with E-state index in [0.29, 0.717) is 24.2 Å². The van der Waals surface area contributed by atoms with E-state index in [9.17, 15) is 0 Å². The molecule has 2 aromatic rings. The fraction of sp³-hybridized carbons (Fsp3) is 0.438. The molecule has 5 nitrogen and oxygen atoms in total. The van der Waals surface area contributed by atoms with Gasteiger partial charge in [-0.2, -0.15) is 4.98 Å². The topological polar surface area (TPSA) is 63.8 Å². The normalized spacial score (nSPS) is 12.2. The van der Waals surface area contributed by atoms with E-state index in [2.05, 4.69) is 33.9 Å². The van der Waals surface area contributed by atoms with Gasteiger partial charge in [-0.05, 0) is 37.4 Å². The van der Waals surface area contributed by atoms with Crippen molar-refractivity contribution in [3.8, 4) is 11.4 Å². The summed E-state index contributed by atoms with van der Waals surface area (Å²) >= 11 is 0. The van der Waals surface area contributed by atoms with E-state index in [1.165, 1.54) is 6.42 Å². The highest BCUT2D eigenvalue weighted by molar-refractivity contribution is 5.51. The summed E-state index contributed by atoms with van der Waals surface area (Å²) in [7, 11) is 0. The molecule has 5 heteroatoms. The molecule has 1 atom stereocenters. The van der Waals surface area contributed by atoms with Crippen molar-refractivity contribution in [3.63, 3.8) is 0 Å².